The molecule has 0 bridgehead atoms. The van der Waals surface area contributed by atoms with Crippen molar-refractivity contribution in [2.24, 2.45) is 0 Å². The van der Waals surface area contributed by atoms with Gasteiger partial charge in [0.25, 0.3) is 0 Å². The fourth-order valence-corrected chi connectivity index (χ4v) is 2.87. The van der Waals surface area contributed by atoms with Gasteiger partial charge < -0.3 is 4.74 Å². The zero-order valence-electron chi connectivity index (χ0n) is 14.7. The van der Waals surface area contributed by atoms with Crippen molar-refractivity contribution in [3.05, 3.63) is 108 Å². The van der Waals surface area contributed by atoms with E-state index in [2.05, 4.69) is 0 Å². The quantitative estimate of drug-likeness (QED) is 0.430. The van der Waals surface area contributed by atoms with E-state index in [1.54, 1.807) is 18.2 Å². The van der Waals surface area contributed by atoms with Crippen LogP contribution in [0.1, 0.15) is 16.8 Å². The summed E-state index contributed by atoms with van der Waals surface area (Å²) in [5.41, 5.74) is 3.18. The van der Waals surface area contributed by atoms with E-state index in [1.165, 1.54) is 6.07 Å². The average molecular weight is 355 g/mol. The Morgan fingerprint density at radius 2 is 1.59 bits per heavy atom. The van der Waals surface area contributed by atoms with Gasteiger partial charge in [-0.2, -0.15) is 0 Å². The van der Waals surface area contributed by atoms with Crippen LogP contribution in [-0.4, -0.2) is 4.98 Å². The minimum Gasteiger partial charge on any atom is -0.487 e. The van der Waals surface area contributed by atoms with Crippen molar-refractivity contribution in [1.29, 1.82) is 0 Å². The monoisotopic (exact) mass is 355 g/mol. The highest BCUT2D eigenvalue weighted by molar-refractivity contribution is 5.86. The van der Waals surface area contributed by atoms with E-state index in [9.17, 15) is 4.39 Å². The van der Waals surface area contributed by atoms with Gasteiger partial charge in [0, 0.05) is 10.9 Å². The Morgan fingerprint density at radius 3 is 2.44 bits per heavy atom. The Hall–Kier alpha value is -3.46. The minimum atomic E-state index is -0.249. The molecule has 0 fully saturated rings. The smallest absolute Gasteiger partial charge is 0.146 e. The summed E-state index contributed by atoms with van der Waals surface area (Å²) in [6.45, 7) is 0.483. The molecule has 2 nitrogen and oxygen atoms in total. The molecule has 0 saturated heterocycles. The number of rotatable bonds is 5. The molecule has 1 heterocycles. The van der Waals surface area contributed by atoms with Crippen LogP contribution in [0, 0.1) is 5.82 Å². The Labute approximate surface area is 157 Å². The first-order valence-electron chi connectivity index (χ1n) is 8.79. The number of fused-ring (bicyclic) bond motifs is 1. The third kappa shape index (κ3) is 4.04. The Kier molecular flexibility index (Phi) is 4.93. The van der Waals surface area contributed by atoms with Crippen molar-refractivity contribution in [3.63, 3.8) is 0 Å². The number of hydrogen-bond acceptors (Lipinski definition) is 2. The van der Waals surface area contributed by atoms with E-state index in [1.807, 2.05) is 72.8 Å². The average Bonchev–Trinajstić information content (AvgIpc) is 2.72. The number of nitrogens with zero attached hydrogens (tertiary/aromatic N) is 1. The maximum atomic E-state index is 13.8. The van der Waals surface area contributed by atoms with E-state index >= 15 is 0 Å². The molecule has 0 unspecified atom stereocenters. The summed E-state index contributed by atoms with van der Waals surface area (Å²) < 4.78 is 19.8. The standard InChI is InChI=1S/C24H18FNO/c25-22-11-5-4-9-19(22)13-15-21-16-14-20-10-6-12-23(24(20)26-21)27-17-18-7-2-1-3-8-18/h1-16H,17H2/b15-13+. The third-order valence-electron chi connectivity index (χ3n) is 4.28. The summed E-state index contributed by atoms with van der Waals surface area (Å²) in [4.78, 5) is 4.70. The summed E-state index contributed by atoms with van der Waals surface area (Å²) in [6, 6.07) is 26.5. The van der Waals surface area contributed by atoms with Crippen molar-refractivity contribution in [2.45, 2.75) is 6.61 Å². The van der Waals surface area contributed by atoms with Crippen LogP contribution in [0.3, 0.4) is 0 Å². The molecule has 0 aliphatic heterocycles. The lowest BCUT2D eigenvalue weighted by Crippen LogP contribution is -1.97. The molecule has 1 aromatic heterocycles. The van der Waals surface area contributed by atoms with Crippen molar-refractivity contribution in [2.75, 3.05) is 0 Å². The van der Waals surface area contributed by atoms with Gasteiger partial charge in [0.15, 0.2) is 0 Å². The Morgan fingerprint density at radius 1 is 0.778 bits per heavy atom. The largest absolute Gasteiger partial charge is 0.487 e. The van der Waals surface area contributed by atoms with Gasteiger partial charge in [-0.15, -0.1) is 0 Å². The van der Waals surface area contributed by atoms with Crippen LogP contribution in [0.15, 0.2) is 84.9 Å². The molecule has 4 rings (SSSR count). The first-order chi connectivity index (χ1) is 13.3. The SMILES string of the molecule is Fc1ccccc1/C=C/c1ccc2cccc(OCc3ccccc3)c2n1. The van der Waals surface area contributed by atoms with E-state index in [0.717, 1.165) is 27.9 Å². The maximum Gasteiger partial charge on any atom is 0.146 e. The Balaban J connectivity index is 1.62. The van der Waals surface area contributed by atoms with Gasteiger partial charge in [0.05, 0.1) is 5.69 Å². The lowest BCUT2D eigenvalue weighted by atomic mass is 10.1. The first kappa shape index (κ1) is 17.0. The van der Waals surface area contributed by atoms with Gasteiger partial charge in [-0.3, -0.25) is 0 Å². The summed E-state index contributed by atoms with van der Waals surface area (Å²) in [5.74, 6) is 0.485. The summed E-state index contributed by atoms with van der Waals surface area (Å²) in [7, 11) is 0. The third-order valence-corrected chi connectivity index (χ3v) is 4.28. The molecule has 0 spiro atoms. The van der Waals surface area contributed by atoms with Gasteiger partial charge in [-0.05, 0) is 35.9 Å². The summed E-state index contributed by atoms with van der Waals surface area (Å²) in [5, 5.41) is 1.00. The van der Waals surface area contributed by atoms with Crippen LogP contribution < -0.4 is 4.74 Å². The second-order valence-electron chi connectivity index (χ2n) is 6.19. The Bertz CT molecular complexity index is 1090. The van der Waals surface area contributed by atoms with Crippen molar-refractivity contribution in [3.8, 4) is 5.75 Å². The van der Waals surface area contributed by atoms with Crippen molar-refractivity contribution >= 4 is 23.1 Å². The zero-order chi connectivity index (χ0) is 18.5. The molecule has 0 radical (unpaired) electrons. The van der Waals surface area contributed by atoms with Gasteiger partial charge in [0.2, 0.25) is 0 Å². The fourth-order valence-electron chi connectivity index (χ4n) is 2.87. The van der Waals surface area contributed by atoms with Crippen LogP contribution in [0.5, 0.6) is 5.75 Å². The van der Waals surface area contributed by atoms with Crippen LogP contribution in [0.4, 0.5) is 4.39 Å². The molecule has 0 amide bonds. The number of ether oxygens (including phenoxy) is 1. The van der Waals surface area contributed by atoms with Crippen molar-refractivity contribution < 1.29 is 9.13 Å². The zero-order valence-corrected chi connectivity index (χ0v) is 14.7. The molecule has 0 atom stereocenters. The molecule has 0 saturated carbocycles. The van der Waals surface area contributed by atoms with E-state index in [-0.39, 0.29) is 5.82 Å². The molecule has 3 heteroatoms. The van der Waals surface area contributed by atoms with Crippen molar-refractivity contribution in [1.82, 2.24) is 4.98 Å². The molecule has 0 N–H and O–H groups in total. The molecule has 4 aromatic rings. The number of aromatic nitrogens is 1. The highest BCUT2D eigenvalue weighted by Gasteiger charge is 2.05. The summed E-state index contributed by atoms with van der Waals surface area (Å²) >= 11 is 0. The number of halogens is 1. The topological polar surface area (TPSA) is 22.1 Å². The van der Waals surface area contributed by atoms with E-state index in [4.69, 9.17) is 9.72 Å². The molecule has 132 valence electrons. The maximum absolute atomic E-state index is 13.8. The normalized spacial score (nSPS) is 11.1. The predicted octanol–water partition coefficient (Wildman–Crippen LogP) is 6.12. The predicted molar refractivity (Wildman–Crippen MR) is 108 cm³/mol. The van der Waals surface area contributed by atoms with Crippen LogP contribution in [0.2, 0.25) is 0 Å². The van der Waals surface area contributed by atoms with Gasteiger partial charge in [-0.1, -0.05) is 66.7 Å². The second-order valence-corrected chi connectivity index (χ2v) is 6.19. The molecule has 3 aromatic carbocycles. The molecular formula is C24H18FNO. The van der Waals surface area contributed by atoms with E-state index < -0.39 is 0 Å². The van der Waals surface area contributed by atoms with Gasteiger partial charge >= 0.3 is 0 Å². The van der Waals surface area contributed by atoms with E-state index in [0.29, 0.717) is 12.2 Å². The number of hydrogen-bond donors (Lipinski definition) is 0. The van der Waals surface area contributed by atoms with Crippen LogP contribution in [0.25, 0.3) is 23.1 Å². The first-order valence-corrected chi connectivity index (χ1v) is 8.79. The molecular weight excluding hydrogens is 337 g/mol. The highest BCUT2D eigenvalue weighted by atomic mass is 19.1. The van der Waals surface area contributed by atoms with Gasteiger partial charge in [-0.25, -0.2) is 9.37 Å². The highest BCUT2D eigenvalue weighted by Crippen LogP contribution is 2.25. The molecule has 0 aliphatic carbocycles. The number of pyridine rings is 1. The summed E-state index contributed by atoms with van der Waals surface area (Å²) in [6.07, 6.45) is 3.54. The lowest BCUT2D eigenvalue weighted by Gasteiger charge is -2.09. The molecule has 27 heavy (non-hydrogen) atoms. The number of para-hydroxylation sites is 1. The minimum absolute atomic E-state index is 0.249. The lowest BCUT2D eigenvalue weighted by molar-refractivity contribution is 0.309. The van der Waals surface area contributed by atoms with Crippen LogP contribution in [-0.2, 0) is 6.61 Å². The van der Waals surface area contributed by atoms with Gasteiger partial charge in [0.1, 0.15) is 23.7 Å². The number of benzene rings is 3. The molecule has 0 aliphatic rings. The fraction of sp³-hybridized carbons (Fsp3) is 0.0417. The second kappa shape index (κ2) is 7.83. The van der Waals surface area contributed by atoms with Crippen LogP contribution >= 0.6 is 0 Å².